The molecule has 0 fully saturated rings. The summed E-state index contributed by atoms with van der Waals surface area (Å²) in [5, 5.41) is 6.95. The van der Waals surface area contributed by atoms with Crippen molar-refractivity contribution in [1.29, 1.82) is 0 Å². The average Bonchev–Trinajstić information content (AvgIpc) is 3.04. The van der Waals surface area contributed by atoms with Crippen molar-refractivity contribution in [3.63, 3.8) is 0 Å². The number of hydrogen-bond donors (Lipinski definition) is 2. The summed E-state index contributed by atoms with van der Waals surface area (Å²) in [4.78, 5) is 16.7. The van der Waals surface area contributed by atoms with E-state index in [0.29, 0.717) is 5.56 Å². The van der Waals surface area contributed by atoms with Crippen molar-refractivity contribution in [2.75, 3.05) is 12.4 Å². The highest BCUT2D eigenvalue weighted by Gasteiger charge is 2.24. The molecule has 0 radical (unpaired) electrons. The van der Waals surface area contributed by atoms with Crippen LogP contribution in [0.5, 0.6) is 0 Å². The molecule has 1 aliphatic rings. The minimum Gasteiger partial charge on any atom is -0.378 e. The van der Waals surface area contributed by atoms with Gasteiger partial charge in [0.15, 0.2) is 0 Å². The van der Waals surface area contributed by atoms with Crippen LogP contribution in [0.4, 0.5) is 5.00 Å². The number of imidazole rings is 1. The first-order valence-corrected chi connectivity index (χ1v) is 7.41. The van der Waals surface area contributed by atoms with Gasteiger partial charge >= 0.3 is 0 Å². The second-order valence-corrected chi connectivity index (χ2v) is 5.70. The lowest BCUT2D eigenvalue weighted by atomic mass is 10.1. The summed E-state index contributed by atoms with van der Waals surface area (Å²) in [6, 6.07) is 0.146. The van der Waals surface area contributed by atoms with Gasteiger partial charge in [0.2, 0.25) is 0 Å². The van der Waals surface area contributed by atoms with Gasteiger partial charge in [-0.1, -0.05) is 0 Å². The highest BCUT2D eigenvalue weighted by Crippen LogP contribution is 2.24. The molecule has 0 aliphatic carbocycles. The smallest absolute Gasteiger partial charge is 0.256 e. The number of anilines is 1. The Kier molecular flexibility index (Phi) is 3.43. The Balaban J connectivity index is 1.72. The Bertz CT molecular complexity index is 632. The minimum absolute atomic E-state index is 0.0471. The summed E-state index contributed by atoms with van der Waals surface area (Å²) in [5.74, 6) is 1.05. The predicted molar refractivity (Wildman–Crippen MR) is 78.2 cm³/mol. The first-order valence-electron chi connectivity index (χ1n) is 6.64. The summed E-state index contributed by atoms with van der Waals surface area (Å²) in [7, 11) is 1.81. The van der Waals surface area contributed by atoms with Gasteiger partial charge in [-0.15, -0.1) is 0 Å². The molecule has 7 heteroatoms. The molecule has 2 N–H and O–H groups in total. The minimum atomic E-state index is -0.0471. The predicted octanol–water partition coefficient (Wildman–Crippen LogP) is 1.43. The van der Waals surface area contributed by atoms with E-state index in [9.17, 15) is 4.79 Å². The van der Waals surface area contributed by atoms with Gasteiger partial charge in [-0.25, -0.2) is 4.98 Å². The number of nitrogens with one attached hydrogen (secondary N) is 2. The standard InChI is InChI=1S/C13H17N5OS/c1-8-11(13(14-2)20-17-8)12(19)16-9-3-4-10-15-5-6-18(10)7-9/h5-6,9,14H,3-4,7H2,1-2H3,(H,16,19). The van der Waals surface area contributed by atoms with Gasteiger partial charge in [0.1, 0.15) is 10.8 Å². The molecule has 1 unspecified atom stereocenters. The van der Waals surface area contributed by atoms with Crippen LogP contribution in [0.2, 0.25) is 0 Å². The lowest BCUT2D eigenvalue weighted by Gasteiger charge is -2.24. The average molecular weight is 291 g/mol. The van der Waals surface area contributed by atoms with Crippen LogP contribution in [-0.4, -0.2) is 32.9 Å². The largest absolute Gasteiger partial charge is 0.378 e. The normalized spacial score (nSPS) is 17.6. The Hall–Kier alpha value is -1.89. The summed E-state index contributed by atoms with van der Waals surface area (Å²) < 4.78 is 6.34. The van der Waals surface area contributed by atoms with Crippen LogP contribution in [0.25, 0.3) is 0 Å². The molecule has 1 amide bonds. The number of amides is 1. The molecule has 3 rings (SSSR count). The second kappa shape index (κ2) is 5.24. The first-order chi connectivity index (χ1) is 9.69. The number of carbonyl (C=O) groups is 1. The molecule has 2 aromatic heterocycles. The third-order valence-corrected chi connectivity index (χ3v) is 4.54. The first kappa shape index (κ1) is 13.1. The van der Waals surface area contributed by atoms with Crippen molar-refractivity contribution in [3.05, 3.63) is 29.5 Å². The zero-order chi connectivity index (χ0) is 14.1. The quantitative estimate of drug-likeness (QED) is 0.897. The number of aryl methyl sites for hydroxylation is 2. The molecule has 6 nitrogen and oxygen atoms in total. The molecule has 1 atom stereocenters. The Morgan fingerprint density at radius 2 is 2.40 bits per heavy atom. The molecule has 0 saturated carbocycles. The van der Waals surface area contributed by atoms with Gasteiger partial charge in [-0.2, -0.15) is 4.37 Å². The van der Waals surface area contributed by atoms with Gasteiger partial charge in [-0.3, -0.25) is 4.79 Å². The summed E-state index contributed by atoms with van der Waals surface area (Å²) in [6.45, 7) is 2.65. The summed E-state index contributed by atoms with van der Waals surface area (Å²) in [6.07, 6.45) is 5.60. The van der Waals surface area contributed by atoms with E-state index in [1.807, 2.05) is 26.4 Å². The molecule has 1 aliphatic heterocycles. The number of rotatable bonds is 3. The molecule has 0 aromatic carbocycles. The van der Waals surface area contributed by atoms with Crippen LogP contribution < -0.4 is 10.6 Å². The van der Waals surface area contributed by atoms with E-state index >= 15 is 0 Å². The van der Waals surface area contributed by atoms with Crippen molar-refractivity contribution in [3.8, 4) is 0 Å². The molecule has 0 spiro atoms. The van der Waals surface area contributed by atoms with E-state index in [1.165, 1.54) is 11.5 Å². The second-order valence-electron chi connectivity index (χ2n) is 4.93. The molecule has 0 saturated heterocycles. The van der Waals surface area contributed by atoms with Crippen LogP contribution in [0.3, 0.4) is 0 Å². The molecule has 20 heavy (non-hydrogen) atoms. The van der Waals surface area contributed by atoms with E-state index in [0.717, 1.165) is 35.9 Å². The van der Waals surface area contributed by atoms with E-state index < -0.39 is 0 Å². The molecular formula is C13H17N5OS. The zero-order valence-electron chi connectivity index (χ0n) is 11.5. The number of aromatic nitrogens is 3. The Labute approximate surface area is 121 Å². The molecule has 0 bridgehead atoms. The van der Waals surface area contributed by atoms with Gasteiger partial charge in [-0.05, 0) is 24.9 Å². The van der Waals surface area contributed by atoms with Crippen molar-refractivity contribution in [2.45, 2.75) is 32.4 Å². The van der Waals surface area contributed by atoms with Crippen molar-refractivity contribution in [2.24, 2.45) is 0 Å². The Morgan fingerprint density at radius 3 is 3.20 bits per heavy atom. The van der Waals surface area contributed by atoms with E-state index in [1.54, 1.807) is 0 Å². The van der Waals surface area contributed by atoms with Crippen molar-refractivity contribution < 1.29 is 4.79 Å². The Morgan fingerprint density at radius 1 is 1.55 bits per heavy atom. The van der Waals surface area contributed by atoms with Crippen molar-refractivity contribution >= 4 is 22.4 Å². The highest BCUT2D eigenvalue weighted by atomic mass is 32.1. The van der Waals surface area contributed by atoms with E-state index in [4.69, 9.17) is 0 Å². The SMILES string of the molecule is CNc1snc(C)c1C(=O)NC1CCc2nccn2C1. The maximum absolute atomic E-state index is 12.4. The maximum atomic E-state index is 12.4. The number of carbonyl (C=O) groups excluding carboxylic acids is 1. The van der Waals surface area contributed by atoms with Gasteiger partial charge < -0.3 is 15.2 Å². The van der Waals surface area contributed by atoms with Gasteiger partial charge in [0, 0.05) is 38.4 Å². The molecule has 3 heterocycles. The monoisotopic (exact) mass is 291 g/mol. The third kappa shape index (κ3) is 2.29. The lowest BCUT2D eigenvalue weighted by Crippen LogP contribution is -2.41. The van der Waals surface area contributed by atoms with Crippen LogP contribution in [0.15, 0.2) is 12.4 Å². The van der Waals surface area contributed by atoms with E-state index in [2.05, 4.69) is 24.6 Å². The summed E-state index contributed by atoms with van der Waals surface area (Å²) in [5.41, 5.74) is 1.44. The van der Waals surface area contributed by atoms with Crippen LogP contribution in [-0.2, 0) is 13.0 Å². The highest BCUT2D eigenvalue weighted by molar-refractivity contribution is 7.10. The fourth-order valence-corrected chi connectivity index (χ4v) is 3.29. The zero-order valence-corrected chi connectivity index (χ0v) is 12.3. The summed E-state index contributed by atoms with van der Waals surface area (Å²) >= 11 is 1.32. The topological polar surface area (TPSA) is 71.8 Å². The third-order valence-electron chi connectivity index (χ3n) is 3.59. The number of nitrogens with zero attached hydrogens (tertiary/aromatic N) is 3. The fraction of sp³-hybridized carbons (Fsp3) is 0.462. The van der Waals surface area contributed by atoms with Crippen LogP contribution in [0, 0.1) is 6.92 Å². The fourth-order valence-electron chi connectivity index (χ4n) is 2.55. The molecule has 2 aromatic rings. The molecular weight excluding hydrogens is 274 g/mol. The van der Waals surface area contributed by atoms with Crippen LogP contribution >= 0.6 is 11.5 Å². The van der Waals surface area contributed by atoms with Gasteiger partial charge in [0.25, 0.3) is 5.91 Å². The van der Waals surface area contributed by atoms with E-state index in [-0.39, 0.29) is 11.9 Å². The number of hydrogen-bond acceptors (Lipinski definition) is 5. The van der Waals surface area contributed by atoms with Crippen LogP contribution in [0.1, 0.15) is 28.3 Å². The number of fused-ring (bicyclic) bond motifs is 1. The van der Waals surface area contributed by atoms with Gasteiger partial charge in [0.05, 0.1) is 11.3 Å². The van der Waals surface area contributed by atoms with Crippen molar-refractivity contribution in [1.82, 2.24) is 19.2 Å². The maximum Gasteiger partial charge on any atom is 0.256 e. The lowest BCUT2D eigenvalue weighted by molar-refractivity contribution is 0.0928. The molecule has 106 valence electrons.